The van der Waals surface area contributed by atoms with Crippen LogP contribution in [0.3, 0.4) is 0 Å². The van der Waals surface area contributed by atoms with Gasteiger partial charge in [0.15, 0.2) is 5.17 Å². The maximum absolute atomic E-state index is 12.3. The van der Waals surface area contributed by atoms with Crippen LogP contribution < -0.4 is 5.32 Å². The van der Waals surface area contributed by atoms with Crippen molar-refractivity contribution in [2.45, 2.75) is 0 Å². The van der Waals surface area contributed by atoms with Gasteiger partial charge < -0.3 is 5.32 Å². The number of amidine groups is 1. The summed E-state index contributed by atoms with van der Waals surface area (Å²) in [6, 6.07) is 11.9. The number of nitrogens with one attached hydrogen (secondary N) is 1. The summed E-state index contributed by atoms with van der Waals surface area (Å²) in [5.74, 6) is 0.882. The van der Waals surface area contributed by atoms with Crippen molar-refractivity contribution in [2.24, 2.45) is 4.99 Å². The van der Waals surface area contributed by atoms with Crippen molar-refractivity contribution in [3.8, 4) is 11.1 Å². The third-order valence-electron chi connectivity index (χ3n) is 2.76. The summed E-state index contributed by atoms with van der Waals surface area (Å²) in [5, 5.41) is 5.55. The maximum Gasteiger partial charge on any atom is 0.267 e. The molecular formula is C14H12N2OS2. The number of carbonyl (C=O) groups is 1. The monoisotopic (exact) mass is 288 g/mol. The molecule has 5 heteroatoms. The van der Waals surface area contributed by atoms with Crippen LogP contribution in [0.2, 0.25) is 0 Å². The Morgan fingerprint density at radius 2 is 2.05 bits per heavy atom. The number of hydrogen-bond donors (Lipinski definition) is 1. The Labute approximate surface area is 119 Å². The second kappa shape index (κ2) is 5.59. The van der Waals surface area contributed by atoms with Crippen molar-refractivity contribution < 1.29 is 4.79 Å². The van der Waals surface area contributed by atoms with E-state index < -0.39 is 0 Å². The summed E-state index contributed by atoms with van der Waals surface area (Å²) in [4.78, 5) is 17.2. The number of hydrogen-bond acceptors (Lipinski definition) is 4. The molecule has 2 heterocycles. The molecule has 1 aliphatic heterocycles. The van der Waals surface area contributed by atoms with Crippen molar-refractivity contribution in [2.75, 3.05) is 12.3 Å². The molecule has 0 fully saturated rings. The highest BCUT2D eigenvalue weighted by Crippen LogP contribution is 2.28. The molecule has 0 saturated heterocycles. The molecule has 3 rings (SSSR count). The van der Waals surface area contributed by atoms with E-state index in [-0.39, 0.29) is 5.91 Å². The SMILES string of the molecule is O=C(NC1=NCCS1)c1sccc1-c1ccccc1. The van der Waals surface area contributed by atoms with Crippen LogP contribution in [-0.4, -0.2) is 23.4 Å². The van der Waals surface area contributed by atoms with E-state index in [2.05, 4.69) is 10.3 Å². The molecule has 1 amide bonds. The van der Waals surface area contributed by atoms with E-state index in [1.807, 2.05) is 41.8 Å². The number of nitrogens with zero attached hydrogens (tertiary/aromatic N) is 1. The molecular weight excluding hydrogens is 276 g/mol. The first-order valence-electron chi connectivity index (χ1n) is 5.96. The predicted molar refractivity (Wildman–Crippen MR) is 82.0 cm³/mol. The lowest BCUT2D eigenvalue weighted by atomic mass is 10.1. The van der Waals surface area contributed by atoms with Crippen LogP contribution in [-0.2, 0) is 0 Å². The number of carbonyl (C=O) groups excluding carboxylic acids is 1. The van der Waals surface area contributed by atoms with Crippen molar-refractivity contribution in [3.05, 3.63) is 46.7 Å². The van der Waals surface area contributed by atoms with Crippen molar-refractivity contribution in [1.29, 1.82) is 0 Å². The van der Waals surface area contributed by atoms with Gasteiger partial charge in [0.25, 0.3) is 5.91 Å². The lowest BCUT2D eigenvalue weighted by Crippen LogP contribution is -2.26. The van der Waals surface area contributed by atoms with Gasteiger partial charge in [-0.25, -0.2) is 0 Å². The Morgan fingerprint density at radius 1 is 1.21 bits per heavy atom. The van der Waals surface area contributed by atoms with Gasteiger partial charge in [-0.1, -0.05) is 42.1 Å². The summed E-state index contributed by atoms with van der Waals surface area (Å²) in [6.07, 6.45) is 0. The zero-order valence-electron chi connectivity index (χ0n) is 10.1. The standard InChI is InChI=1S/C14H12N2OS2/c17-13(16-14-15-7-9-19-14)12-11(6-8-18-12)10-4-2-1-3-5-10/h1-6,8H,7,9H2,(H,15,16,17). The van der Waals surface area contributed by atoms with Crippen molar-refractivity contribution >= 4 is 34.2 Å². The number of aliphatic imine (C=N–C) groups is 1. The molecule has 0 atom stereocenters. The summed E-state index contributed by atoms with van der Waals surface area (Å²) in [7, 11) is 0. The molecule has 19 heavy (non-hydrogen) atoms. The minimum atomic E-state index is -0.0676. The molecule has 3 nitrogen and oxygen atoms in total. The molecule has 0 aliphatic carbocycles. The third-order valence-corrected chi connectivity index (χ3v) is 4.57. The van der Waals surface area contributed by atoms with E-state index in [9.17, 15) is 4.79 Å². The average Bonchev–Trinajstić information content (AvgIpc) is 3.10. The van der Waals surface area contributed by atoms with Crippen LogP contribution >= 0.6 is 23.1 Å². The first-order valence-corrected chi connectivity index (χ1v) is 7.82. The number of benzene rings is 1. The fraction of sp³-hybridized carbons (Fsp3) is 0.143. The lowest BCUT2D eigenvalue weighted by molar-refractivity contribution is 0.0982. The van der Waals surface area contributed by atoms with E-state index in [0.29, 0.717) is 0 Å². The number of thioether (sulfide) groups is 1. The van der Waals surface area contributed by atoms with Gasteiger partial charge in [-0.3, -0.25) is 9.79 Å². The zero-order valence-corrected chi connectivity index (χ0v) is 11.8. The average molecular weight is 288 g/mol. The molecule has 0 unspecified atom stereocenters. The Balaban J connectivity index is 1.86. The van der Waals surface area contributed by atoms with Gasteiger partial charge in [-0.05, 0) is 17.0 Å². The smallest absolute Gasteiger partial charge is 0.267 e. The van der Waals surface area contributed by atoms with Gasteiger partial charge in [0.05, 0.1) is 6.54 Å². The summed E-state index contributed by atoms with van der Waals surface area (Å²) in [5.41, 5.74) is 2.04. The summed E-state index contributed by atoms with van der Waals surface area (Å²) < 4.78 is 0. The molecule has 1 aromatic carbocycles. The van der Waals surface area contributed by atoms with Gasteiger partial charge in [-0.2, -0.15) is 0 Å². The highest BCUT2D eigenvalue weighted by Gasteiger charge is 2.17. The topological polar surface area (TPSA) is 41.5 Å². The Hall–Kier alpha value is -1.59. The van der Waals surface area contributed by atoms with Crippen LogP contribution in [0.1, 0.15) is 9.67 Å². The second-order valence-corrected chi connectivity index (χ2v) is 6.02. The minimum Gasteiger partial charge on any atom is -0.301 e. The van der Waals surface area contributed by atoms with Gasteiger partial charge in [0.1, 0.15) is 4.88 Å². The van der Waals surface area contributed by atoms with Gasteiger partial charge in [0, 0.05) is 11.3 Å². The molecule has 2 aromatic rings. The molecule has 0 radical (unpaired) electrons. The van der Waals surface area contributed by atoms with Crippen molar-refractivity contribution in [1.82, 2.24) is 5.32 Å². The van der Waals surface area contributed by atoms with Crippen LogP contribution in [0.25, 0.3) is 11.1 Å². The molecule has 1 aromatic heterocycles. The normalized spacial score (nSPS) is 14.2. The predicted octanol–water partition coefficient (Wildman–Crippen LogP) is 3.25. The number of thiophene rings is 1. The quantitative estimate of drug-likeness (QED) is 0.921. The van der Waals surface area contributed by atoms with Crippen LogP contribution in [0.5, 0.6) is 0 Å². The highest BCUT2D eigenvalue weighted by molar-refractivity contribution is 8.14. The lowest BCUT2D eigenvalue weighted by Gasteiger charge is -2.05. The van der Waals surface area contributed by atoms with E-state index in [1.54, 1.807) is 11.8 Å². The van der Waals surface area contributed by atoms with Crippen LogP contribution in [0.15, 0.2) is 46.8 Å². The Bertz CT molecular complexity index is 619. The second-order valence-electron chi connectivity index (χ2n) is 4.02. The summed E-state index contributed by atoms with van der Waals surface area (Å²) in [6.45, 7) is 0.788. The fourth-order valence-electron chi connectivity index (χ4n) is 1.89. The molecule has 0 saturated carbocycles. The minimum absolute atomic E-state index is 0.0676. The molecule has 0 spiro atoms. The van der Waals surface area contributed by atoms with Crippen molar-refractivity contribution in [3.63, 3.8) is 0 Å². The first kappa shape index (κ1) is 12.4. The zero-order chi connectivity index (χ0) is 13.1. The van der Waals surface area contributed by atoms with E-state index in [4.69, 9.17) is 0 Å². The molecule has 1 aliphatic rings. The molecule has 1 N–H and O–H groups in total. The molecule has 96 valence electrons. The number of amides is 1. The largest absolute Gasteiger partial charge is 0.301 e. The molecule has 0 bridgehead atoms. The van der Waals surface area contributed by atoms with Gasteiger partial charge in [0.2, 0.25) is 0 Å². The van der Waals surface area contributed by atoms with Crippen LogP contribution in [0.4, 0.5) is 0 Å². The Kier molecular flexibility index (Phi) is 3.66. The first-order chi connectivity index (χ1) is 9.34. The van der Waals surface area contributed by atoms with Gasteiger partial charge >= 0.3 is 0 Å². The fourth-order valence-corrected chi connectivity index (χ4v) is 3.43. The van der Waals surface area contributed by atoms with Gasteiger partial charge in [-0.15, -0.1) is 11.3 Å². The third kappa shape index (κ3) is 2.72. The highest BCUT2D eigenvalue weighted by atomic mass is 32.2. The maximum atomic E-state index is 12.3. The van der Waals surface area contributed by atoms with Crippen LogP contribution in [0, 0.1) is 0 Å². The summed E-state index contributed by atoms with van der Waals surface area (Å²) >= 11 is 3.05. The van der Waals surface area contributed by atoms with E-state index in [0.717, 1.165) is 33.5 Å². The Morgan fingerprint density at radius 3 is 2.79 bits per heavy atom. The number of rotatable bonds is 2. The van der Waals surface area contributed by atoms with E-state index >= 15 is 0 Å². The van der Waals surface area contributed by atoms with E-state index in [1.165, 1.54) is 11.3 Å².